The van der Waals surface area contributed by atoms with Crippen molar-refractivity contribution in [2.75, 3.05) is 19.6 Å². The zero-order valence-corrected chi connectivity index (χ0v) is 21.8. The van der Waals surface area contributed by atoms with Gasteiger partial charge in [-0.3, -0.25) is 14.9 Å². The highest BCUT2D eigenvalue weighted by Crippen LogP contribution is 2.08. The number of unbranched alkanes of at least 4 members (excludes halogenated alkanes) is 1. The first kappa shape index (κ1) is 31.2. The average molecular weight is 511 g/mol. The molecule has 2 amide bonds. The Balaban J connectivity index is 2.53. The molecule has 0 heterocycles. The summed E-state index contributed by atoms with van der Waals surface area (Å²) in [5.74, 6) is 9.87. The number of carboxylic acids is 1. The maximum absolute atomic E-state index is 12.7. The number of carboxylic acid groups (broad SMARTS) is 1. The van der Waals surface area contributed by atoms with Crippen LogP contribution in [0.1, 0.15) is 45.6 Å². The molecular formula is C28H38N4O5. The molecule has 0 unspecified atom stereocenters. The zero-order valence-electron chi connectivity index (χ0n) is 21.8. The van der Waals surface area contributed by atoms with Crippen molar-refractivity contribution < 1.29 is 24.2 Å². The highest BCUT2D eigenvalue weighted by molar-refractivity contribution is 5.86. The molecule has 0 aromatic heterocycles. The summed E-state index contributed by atoms with van der Waals surface area (Å²) in [7, 11) is 0. The van der Waals surface area contributed by atoms with E-state index in [4.69, 9.17) is 10.5 Å². The molecule has 0 saturated heterocycles. The highest BCUT2D eigenvalue weighted by Gasteiger charge is 2.24. The van der Waals surface area contributed by atoms with Gasteiger partial charge in [0.05, 0.1) is 13.1 Å². The van der Waals surface area contributed by atoms with Crippen molar-refractivity contribution in [3.8, 4) is 23.7 Å². The van der Waals surface area contributed by atoms with Crippen molar-refractivity contribution in [3.05, 3.63) is 48.0 Å². The summed E-state index contributed by atoms with van der Waals surface area (Å²) in [6.45, 7) is 6.11. The molecule has 2 atom stereocenters. The van der Waals surface area contributed by atoms with Gasteiger partial charge in [-0.2, -0.15) is 0 Å². The molecule has 0 aliphatic rings. The van der Waals surface area contributed by atoms with E-state index in [2.05, 4.69) is 39.6 Å². The Hall–Kier alpha value is -3.79. The van der Waals surface area contributed by atoms with E-state index in [1.807, 2.05) is 30.3 Å². The molecule has 0 saturated carbocycles. The van der Waals surface area contributed by atoms with Crippen LogP contribution in [-0.2, 0) is 20.7 Å². The van der Waals surface area contributed by atoms with E-state index >= 15 is 0 Å². The normalized spacial score (nSPS) is 12.3. The minimum absolute atomic E-state index is 0.0859. The number of alkyl carbamates (subject to hydrolysis) is 1. The van der Waals surface area contributed by atoms with Gasteiger partial charge in [0.2, 0.25) is 5.91 Å². The van der Waals surface area contributed by atoms with E-state index in [1.165, 1.54) is 6.08 Å². The summed E-state index contributed by atoms with van der Waals surface area (Å²) >= 11 is 0. The van der Waals surface area contributed by atoms with Gasteiger partial charge in [0, 0.05) is 6.42 Å². The Bertz CT molecular complexity index is 1010. The van der Waals surface area contributed by atoms with E-state index < -0.39 is 29.7 Å². The SMILES string of the molecule is CC(C)(C)OC(=O)N[C@@H](Cc1ccccc1)C(=O)NCC#C/C=C\C#CCN[C@@H](CCCCN)C(=O)O. The highest BCUT2D eigenvalue weighted by atomic mass is 16.6. The van der Waals surface area contributed by atoms with Crippen LogP contribution in [0.4, 0.5) is 4.79 Å². The van der Waals surface area contributed by atoms with Crippen molar-refractivity contribution in [2.45, 2.75) is 64.1 Å². The lowest BCUT2D eigenvalue weighted by Crippen LogP contribution is -2.49. The number of rotatable bonds is 12. The summed E-state index contributed by atoms with van der Waals surface area (Å²) in [5.41, 5.74) is 5.64. The lowest BCUT2D eigenvalue weighted by molar-refractivity contribution is -0.139. The molecule has 0 bridgehead atoms. The van der Waals surface area contributed by atoms with E-state index in [-0.39, 0.29) is 19.0 Å². The summed E-state index contributed by atoms with van der Waals surface area (Å²) in [6.07, 6.45) is 4.74. The topological polar surface area (TPSA) is 143 Å². The number of nitrogens with two attached hydrogens (primary N) is 1. The van der Waals surface area contributed by atoms with Gasteiger partial charge in [0.15, 0.2) is 0 Å². The smallest absolute Gasteiger partial charge is 0.408 e. The Morgan fingerprint density at radius 2 is 1.68 bits per heavy atom. The number of nitrogens with one attached hydrogen (secondary N) is 3. The van der Waals surface area contributed by atoms with Crippen molar-refractivity contribution in [3.63, 3.8) is 0 Å². The number of benzene rings is 1. The minimum atomic E-state index is -0.908. The third kappa shape index (κ3) is 15.7. The van der Waals surface area contributed by atoms with Gasteiger partial charge in [-0.1, -0.05) is 60.4 Å². The van der Waals surface area contributed by atoms with Crippen LogP contribution in [0.25, 0.3) is 0 Å². The van der Waals surface area contributed by atoms with Crippen LogP contribution in [0.15, 0.2) is 42.5 Å². The fraction of sp³-hybridized carbons (Fsp3) is 0.464. The Morgan fingerprint density at radius 3 is 2.27 bits per heavy atom. The average Bonchev–Trinajstić information content (AvgIpc) is 2.82. The molecule has 0 spiro atoms. The molecule has 200 valence electrons. The second-order valence-electron chi connectivity index (χ2n) is 9.14. The molecule has 1 aromatic carbocycles. The van der Waals surface area contributed by atoms with Crippen LogP contribution < -0.4 is 21.7 Å². The van der Waals surface area contributed by atoms with Crippen molar-refractivity contribution >= 4 is 18.0 Å². The van der Waals surface area contributed by atoms with Crippen LogP contribution in [0.2, 0.25) is 0 Å². The Kier molecular flexibility index (Phi) is 14.9. The van der Waals surface area contributed by atoms with Crippen molar-refractivity contribution in [1.82, 2.24) is 16.0 Å². The van der Waals surface area contributed by atoms with Gasteiger partial charge >= 0.3 is 12.1 Å². The van der Waals surface area contributed by atoms with Crippen LogP contribution in [0, 0.1) is 23.7 Å². The maximum Gasteiger partial charge on any atom is 0.408 e. The first-order chi connectivity index (χ1) is 17.6. The number of amides is 2. The molecule has 1 rings (SSSR count). The second-order valence-corrected chi connectivity index (χ2v) is 9.14. The molecule has 6 N–H and O–H groups in total. The largest absolute Gasteiger partial charge is 0.480 e. The van der Waals surface area contributed by atoms with E-state index in [9.17, 15) is 19.5 Å². The van der Waals surface area contributed by atoms with E-state index in [1.54, 1.807) is 26.8 Å². The van der Waals surface area contributed by atoms with E-state index in [0.717, 1.165) is 18.4 Å². The third-order valence-electron chi connectivity index (χ3n) is 4.78. The fourth-order valence-corrected chi connectivity index (χ4v) is 3.05. The number of ether oxygens (including phenoxy) is 1. The summed E-state index contributed by atoms with van der Waals surface area (Å²) in [4.78, 5) is 36.1. The second kappa shape index (κ2) is 17.6. The van der Waals surface area contributed by atoms with Crippen LogP contribution in [0.3, 0.4) is 0 Å². The first-order valence-corrected chi connectivity index (χ1v) is 12.2. The molecule has 37 heavy (non-hydrogen) atoms. The first-order valence-electron chi connectivity index (χ1n) is 12.2. The molecule has 0 radical (unpaired) electrons. The molecule has 1 aromatic rings. The molecular weight excluding hydrogens is 472 g/mol. The number of hydrogen-bond donors (Lipinski definition) is 5. The van der Waals surface area contributed by atoms with Crippen molar-refractivity contribution in [2.24, 2.45) is 5.73 Å². The molecule has 9 heteroatoms. The summed E-state index contributed by atoms with van der Waals surface area (Å²) < 4.78 is 5.28. The number of carbonyl (C=O) groups is 3. The molecule has 9 nitrogen and oxygen atoms in total. The van der Waals surface area contributed by atoms with Gasteiger partial charge in [0.1, 0.15) is 17.7 Å². The monoisotopic (exact) mass is 510 g/mol. The molecule has 0 aliphatic carbocycles. The summed E-state index contributed by atoms with van der Waals surface area (Å²) in [6, 6.07) is 7.89. The Labute approximate surface area is 219 Å². The lowest BCUT2D eigenvalue weighted by Gasteiger charge is -2.23. The minimum Gasteiger partial charge on any atom is -0.480 e. The predicted octanol–water partition coefficient (Wildman–Crippen LogP) is 1.97. The van der Waals surface area contributed by atoms with Gasteiger partial charge < -0.3 is 26.2 Å². The maximum atomic E-state index is 12.7. The fourth-order valence-electron chi connectivity index (χ4n) is 3.05. The predicted molar refractivity (Wildman–Crippen MR) is 143 cm³/mol. The Morgan fingerprint density at radius 1 is 1.03 bits per heavy atom. The summed E-state index contributed by atoms with van der Waals surface area (Å²) in [5, 5.41) is 17.4. The molecule has 0 aliphatic heterocycles. The number of aliphatic carboxylic acids is 1. The van der Waals surface area contributed by atoms with Crippen LogP contribution in [-0.4, -0.2) is 60.4 Å². The van der Waals surface area contributed by atoms with Gasteiger partial charge in [-0.05, 0) is 57.9 Å². The zero-order chi connectivity index (χ0) is 27.5. The molecule has 0 fully saturated rings. The van der Waals surface area contributed by atoms with Gasteiger partial charge in [-0.15, -0.1) is 0 Å². The lowest BCUT2D eigenvalue weighted by atomic mass is 10.1. The van der Waals surface area contributed by atoms with Crippen molar-refractivity contribution in [1.29, 1.82) is 0 Å². The van der Waals surface area contributed by atoms with Gasteiger partial charge in [0.25, 0.3) is 0 Å². The number of carbonyl (C=O) groups excluding carboxylic acids is 2. The van der Waals surface area contributed by atoms with Crippen LogP contribution >= 0.6 is 0 Å². The quantitative estimate of drug-likeness (QED) is 0.214. The van der Waals surface area contributed by atoms with Crippen LogP contribution in [0.5, 0.6) is 0 Å². The third-order valence-corrected chi connectivity index (χ3v) is 4.78. The van der Waals surface area contributed by atoms with Gasteiger partial charge in [-0.25, -0.2) is 4.79 Å². The standard InChI is InChI=1S/C28H38N4O5/c1-28(2,3)37-27(36)32-24(21-22-15-9-8-10-16-22)25(33)31-20-14-7-5-4-6-13-19-30-23(26(34)35)17-11-12-18-29/h4-5,8-10,15-16,23-24,30H,11-12,17-21,29H2,1-3H3,(H,31,33)(H,32,36)(H,34,35)/b5-4-/t23-,24-/m0/s1. The van der Waals surface area contributed by atoms with E-state index in [0.29, 0.717) is 19.4 Å². The number of allylic oxidation sites excluding steroid dienone is 2. The number of hydrogen-bond acceptors (Lipinski definition) is 6.